The average molecular weight is 250 g/mol. The van der Waals surface area contributed by atoms with Gasteiger partial charge in [-0.15, -0.1) is 11.8 Å². The van der Waals surface area contributed by atoms with E-state index >= 15 is 0 Å². The second-order valence-electron chi connectivity index (χ2n) is 4.65. The van der Waals surface area contributed by atoms with E-state index in [4.69, 9.17) is 4.74 Å². The van der Waals surface area contributed by atoms with Gasteiger partial charge in [0.05, 0.1) is 13.2 Å². The van der Waals surface area contributed by atoms with E-state index in [1.807, 2.05) is 17.8 Å². The van der Waals surface area contributed by atoms with Crippen LogP contribution in [-0.2, 0) is 21.4 Å². The lowest BCUT2D eigenvalue weighted by Gasteiger charge is -2.38. The zero-order chi connectivity index (χ0) is 11.9. The minimum Gasteiger partial charge on any atom is -0.480 e. The maximum Gasteiger partial charge on any atom is 0.318 e. The lowest BCUT2D eigenvalue weighted by atomic mass is 9.78. The van der Waals surface area contributed by atoms with Crippen molar-refractivity contribution in [1.29, 1.82) is 0 Å². The van der Waals surface area contributed by atoms with E-state index in [1.54, 1.807) is 0 Å². The Kier molecular flexibility index (Phi) is 2.64. The molecule has 3 nitrogen and oxygen atoms in total. The number of carboxylic acids is 1. The summed E-state index contributed by atoms with van der Waals surface area (Å²) in [5.74, 6) is 0.395. The highest BCUT2D eigenvalue weighted by molar-refractivity contribution is 7.99. The number of hydrogen-bond donors (Lipinski definition) is 1. The number of ether oxygens (including phenoxy) is 1. The van der Waals surface area contributed by atoms with E-state index in [0.29, 0.717) is 13.2 Å². The third-order valence-corrected chi connectivity index (χ3v) is 4.77. The van der Waals surface area contributed by atoms with Gasteiger partial charge in [-0.1, -0.05) is 12.1 Å². The summed E-state index contributed by atoms with van der Waals surface area (Å²) in [6, 6.07) is 6.09. The topological polar surface area (TPSA) is 46.5 Å². The van der Waals surface area contributed by atoms with Gasteiger partial charge in [-0.25, -0.2) is 0 Å². The quantitative estimate of drug-likeness (QED) is 0.873. The van der Waals surface area contributed by atoms with Gasteiger partial charge in [0.1, 0.15) is 5.41 Å². The molecule has 0 spiro atoms. The number of hydrogen-bond acceptors (Lipinski definition) is 3. The van der Waals surface area contributed by atoms with Crippen molar-refractivity contribution in [3.63, 3.8) is 0 Å². The largest absolute Gasteiger partial charge is 0.480 e. The molecule has 4 heteroatoms. The summed E-state index contributed by atoms with van der Waals surface area (Å²) < 4.78 is 5.11. The van der Waals surface area contributed by atoms with Crippen molar-refractivity contribution < 1.29 is 14.6 Å². The molecule has 0 unspecified atom stereocenters. The van der Waals surface area contributed by atoms with E-state index in [-0.39, 0.29) is 0 Å². The summed E-state index contributed by atoms with van der Waals surface area (Å²) in [5, 5.41) is 9.36. The fourth-order valence-electron chi connectivity index (χ4n) is 2.38. The number of fused-ring (bicyclic) bond motifs is 1. The molecule has 0 aliphatic carbocycles. The molecular formula is C13H14O3S. The molecule has 1 fully saturated rings. The van der Waals surface area contributed by atoms with E-state index < -0.39 is 11.4 Å². The van der Waals surface area contributed by atoms with Crippen LogP contribution in [0.15, 0.2) is 23.1 Å². The van der Waals surface area contributed by atoms with Gasteiger partial charge in [0, 0.05) is 4.90 Å². The van der Waals surface area contributed by atoms with E-state index in [1.165, 1.54) is 22.6 Å². The zero-order valence-corrected chi connectivity index (χ0v) is 10.3. The lowest BCUT2D eigenvalue weighted by molar-refractivity contribution is -0.163. The number of benzene rings is 1. The van der Waals surface area contributed by atoms with Gasteiger partial charge in [0.25, 0.3) is 0 Å². The van der Waals surface area contributed by atoms with Gasteiger partial charge in [-0.3, -0.25) is 4.79 Å². The Morgan fingerprint density at radius 3 is 2.88 bits per heavy atom. The summed E-state index contributed by atoms with van der Waals surface area (Å²) in [6.07, 6.45) is 2.24. The number of aryl methyl sites for hydroxylation is 1. The maximum atomic E-state index is 11.4. The molecule has 0 radical (unpaired) electrons. The molecule has 1 N–H and O–H groups in total. The standard InChI is InChI=1S/C13H14O3S/c14-12(15)13(7-16-8-13)10-3-4-11-9(6-10)2-1-5-17-11/h3-4,6H,1-2,5,7-8H2,(H,14,15). The zero-order valence-electron chi connectivity index (χ0n) is 9.44. The van der Waals surface area contributed by atoms with Crippen LogP contribution in [0, 0.1) is 0 Å². The predicted octanol–water partition coefficient (Wildman–Crippen LogP) is 2.08. The SMILES string of the molecule is O=C(O)C1(c2ccc3c(c2)CCCS3)COC1. The Morgan fingerprint density at radius 2 is 2.24 bits per heavy atom. The van der Waals surface area contributed by atoms with Crippen LogP contribution in [0.1, 0.15) is 17.5 Å². The van der Waals surface area contributed by atoms with E-state index in [9.17, 15) is 9.90 Å². The first-order chi connectivity index (χ1) is 8.22. The molecule has 0 atom stereocenters. The highest BCUT2D eigenvalue weighted by atomic mass is 32.2. The first-order valence-electron chi connectivity index (χ1n) is 5.80. The molecule has 0 saturated carbocycles. The highest BCUT2D eigenvalue weighted by Gasteiger charge is 2.48. The van der Waals surface area contributed by atoms with E-state index in [0.717, 1.165) is 12.0 Å². The first-order valence-corrected chi connectivity index (χ1v) is 6.78. The van der Waals surface area contributed by atoms with Crippen molar-refractivity contribution in [2.45, 2.75) is 23.2 Å². The van der Waals surface area contributed by atoms with Crippen molar-refractivity contribution in [2.75, 3.05) is 19.0 Å². The van der Waals surface area contributed by atoms with Crippen LogP contribution in [0.2, 0.25) is 0 Å². The molecule has 90 valence electrons. The second-order valence-corrected chi connectivity index (χ2v) is 5.79. The summed E-state index contributed by atoms with van der Waals surface area (Å²) in [4.78, 5) is 12.7. The van der Waals surface area contributed by atoms with Gasteiger partial charge in [-0.05, 0) is 35.8 Å². The van der Waals surface area contributed by atoms with Crippen LogP contribution in [-0.4, -0.2) is 30.0 Å². The van der Waals surface area contributed by atoms with Gasteiger partial charge in [-0.2, -0.15) is 0 Å². The Morgan fingerprint density at radius 1 is 1.41 bits per heavy atom. The fraction of sp³-hybridized carbons (Fsp3) is 0.462. The third-order valence-electron chi connectivity index (χ3n) is 3.57. The van der Waals surface area contributed by atoms with Crippen molar-refractivity contribution in [3.05, 3.63) is 29.3 Å². The number of thioether (sulfide) groups is 1. The Bertz CT molecular complexity index is 466. The molecule has 0 bridgehead atoms. The number of rotatable bonds is 2. The molecule has 2 heterocycles. The summed E-state index contributed by atoms with van der Waals surface area (Å²) >= 11 is 1.86. The number of carboxylic acid groups (broad SMARTS) is 1. The third kappa shape index (κ3) is 1.67. The monoisotopic (exact) mass is 250 g/mol. The molecular weight excluding hydrogens is 236 g/mol. The van der Waals surface area contributed by atoms with Crippen LogP contribution >= 0.6 is 11.8 Å². The van der Waals surface area contributed by atoms with Crippen molar-refractivity contribution in [2.24, 2.45) is 0 Å². The molecule has 1 aromatic carbocycles. The molecule has 2 aliphatic rings. The number of carbonyl (C=O) groups is 1. The summed E-state index contributed by atoms with van der Waals surface area (Å²) in [6.45, 7) is 0.600. The maximum absolute atomic E-state index is 11.4. The van der Waals surface area contributed by atoms with Gasteiger partial charge >= 0.3 is 5.97 Å². The van der Waals surface area contributed by atoms with Gasteiger partial charge < -0.3 is 9.84 Å². The van der Waals surface area contributed by atoms with E-state index in [2.05, 4.69) is 12.1 Å². The molecule has 0 amide bonds. The van der Waals surface area contributed by atoms with Crippen LogP contribution in [0.25, 0.3) is 0 Å². The second kappa shape index (κ2) is 4.03. The fourth-order valence-corrected chi connectivity index (χ4v) is 3.40. The van der Waals surface area contributed by atoms with Crippen LogP contribution in [0.5, 0.6) is 0 Å². The minimum atomic E-state index is -0.795. The summed E-state index contributed by atoms with van der Waals surface area (Å²) in [7, 11) is 0. The minimum absolute atomic E-state index is 0.300. The first kappa shape index (κ1) is 11.1. The molecule has 3 rings (SSSR count). The Hall–Kier alpha value is -1.00. The van der Waals surface area contributed by atoms with Crippen molar-refractivity contribution >= 4 is 17.7 Å². The molecule has 0 aromatic heterocycles. The average Bonchev–Trinajstić information content (AvgIpc) is 2.27. The molecule has 2 aliphatic heterocycles. The predicted molar refractivity (Wildman–Crippen MR) is 65.6 cm³/mol. The molecule has 1 saturated heterocycles. The van der Waals surface area contributed by atoms with Crippen LogP contribution in [0.3, 0.4) is 0 Å². The number of aliphatic carboxylic acids is 1. The van der Waals surface area contributed by atoms with Gasteiger partial charge in [0.15, 0.2) is 0 Å². The van der Waals surface area contributed by atoms with Crippen LogP contribution < -0.4 is 0 Å². The van der Waals surface area contributed by atoms with Crippen molar-refractivity contribution in [1.82, 2.24) is 0 Å². The highest BCUT2D eigenvalue weighted by Crippen LogP contribution is 2.37. The smallest absolute Gasteiger partial charge is 0.318 e. The Balaban J connectivity index is 2.01. The van der Waals surface area contributed by atoms with Crippen molar-refractivity contribution in [3.8, 4) is 0 Å². The van der Waals surface area contributed by atoms with Gasteiger partial charge in [0.2, 0.25) is 0 Å². The molecule has 17 heavy (non-hydrogen) atoms. The van der Waals surface area contributed by atoms with Crippen LogP contribution in [0.4, 0.5) is 0 Å². The molecule has 1 aromatic rings. The Labute approximate surface area is 104 Å². The lowest BCUT2D eigenvalue weighted by Crippen LogP contribution is -2.53. The summed E-state index contributed by atoms with van der Waals surface area (Å²) in [5.41, 5.74) is 1.40. The normalized spacial score (nSPS) is 21.4.